The van der Waals surface area contributed by atoms with Crippen LogP contribution in [0.5, 0.6) is 0 Å². The molecule has 2 aromatic rings. The number of benzene rings is 1. The van der Waals surface area contributed by atoms with Gasteiger partial charge in [0.05, 0.1) is 11.4 Å². The number of rotatable bonds is 1. The highest BCUT2D eigenvalue weighted by Gasteiger charge is 2.27. The zero-order valence-corrected chi connectivity index (χ0v) is 13.1. The Kier molecular flexibility index (Phi) is 3.30. The fourth-order valence-electron chi connectivity index (χ4n) is 2.59. The molecule has 4 nitrogen and oxygen atoms in total. The van der Waals surface area contributed by atoms with Gasteiger partial charge in [-0.1, -0.05) is 12.1 Å². The molecule has 5 heteroatoms. The van der Waals surface area contributed by atoms with Gasteiger partial charge < -0.3 is 14.4 Å². The Hall–Kier alpha value is -1.75. The summed E-state index contributed by atoms with van der Waals surface area (Å²) in [5, 5.41) is 0. The number of aromatic nitrogens is 1. The predicted octanol–water partition coefficient (Wildman–Crippen LogP) is 2.88. The summed E-state index contributed by atoms with van der Waals surface area (Å²) in [6.07, 6.45) is 1.90. The van der Waals surface area contributed by atoms with Gasteiger partial charge in [0.15, 0.2) is 0 Å². The standard InChI is InChI=1S/C15H16BrN3O/c1-17-7-8-19(13-6-4-3-5-12(13)17)15(20)14-9-11(16)10-18(14)2/h3-6,9-10H,7-8H2,1-2H3. The molecule has 1 amide bonds. The van der Waals surface area contributed by atoms with Crippen molar-refractivity contribution in [1.29, 1.82) is 0 Å². The number of hydrogen-bond donors (Lipinski definition) is 0. The molecule has 0 fully saturated rings. The van der Waals surface area contributed by atoms with Crippen molar-refractivity contribution in [3.63, 3.8) is 0 Å². The van der Waals surface area contributed by atoms with Crippen molar-refractivity contribution in [2.24, 2.45) is 7.05 Å². The van der Waals surface area contributed by atoms with Crippen LogP contribution in [0.15, 0.2) is 41.0 Å². The Balaban J connectivity index is 2.01. The molecule has 0 atom stereocenters. The van der Waals surface area contributed by atoms with Gasteiger partial charge in [0.2, 0.25) is 0 Å². The summed E-state index contributed by atoms with van der Waals surface area (Å²) in [4.78, 5) is 16.8. The molecule has 1 aromatic heterocycles. The minimum absolute atomic E-state index is 0.0405. The van der Waals surface area contributed by atoms with Crippen molar-refractivity contribution in [1.82, 2.24) is 4.57 Å². The zero-order chi connectivity index (χ0) is 14.3. The summed E-state index contributed by atoms with van der Waals surface area (Å²) in [5.41, 5.74) is 2.76. The second-order valence-corrected chi connectivity index (χ2v) is 5.94. The average Bonchev–Trinajstić information content (AvgIpc) is 2.78. The van der Waals surface area contributed by atoms with Gasteiger partial charge in [-0.3, -0.25) is 4.79 Å². The maximum Gasteiger partial charge on any atom is 0.275 e. The molecule has 0 bridgehead atoms. The number of carbonyl (C=O) groups is 1. The SMILES string of the molecule is CN1CCN(C(=O)c2cc(Br)cn2C)c2ccccc21. The lowest BCUT2D eigenvalue weighted by Crippen LogP contribution is -2.43. The number of anilines is 2. The lowest BCUT2D eigenvalue weighted by molar-refractivity contribution is 0.0979. The van der Waals surface area contributed by atoms with E-state index in [1.54, 1.807) is 0 Å². The monoisotopic (exact) mass is 333 g/mol. The molecule has 0 radical (unpaired) electrons. The van der Waals surface area contributed by atoms with Crippen molar-refractivity contribution in [3.05, 3.63) is 46.7 Å². The van der Waals surface area contributed by atoms with Crippen LogP contribution >= 0.6 is 15.9 Å². The predicted molar refractivity (Wildman–Crippen MR) is 84.5 cm³/mol. The Morgan fingerprint density at radius 1 is 1.15 bits per heavy atom. The lowest BCUT2D eigenvalue weighted by atomic mass is 10.1. The maximum absolute atomic E-state index is 12.8. The van der Waals surface area contributed by atoms with Crippen LogP contribution in [0.4, 0.5) is 11.4 Å². The minimum Gasteiger partial charge on any atom is -0.371 e. The number of carbonyl (C=O) groups excluding carboxylic acids is 1. The molecule has 1 aliphatic rings. The smallest absolute Gasteiger partial charge is 0.275 e. The lowest BCUT2D eigenvalue weighted by Gasteiger charge is -2.35. The van der Waals surface area contributed by atoms with Gasteiger partial charge in [-0.05, 0) is 34.1 Å². The first-order chi connectivity index (χ1) is 9.58. The van der Waals surface area contributed by atoms with Crippen molar-refractivity contribution in [2.75, 3.05) is 29.9 Å². The molecular formula is C15H16BrN3O. The van der Waals surface area contributed by atoms with E-state index in [4.69, 9.17) is 0 Å². The summed E-state index contributed by atoms with van der Waals surface area (Å²) in [6.45, 7) is 1.55. The Bertz CT molecular complexity index is 665. The molecule has 1 aliphatic heterocycles. The quantitative estimate of drug-likeness (QED) is 0.802. The van der Waals surface area contributed by atoms with Crippen LogP contribution in [0.2, 0.25) is 0 Å². The third-order valence-corrected chi connectivity index (χ3v) is 4.11. The van der Waals surface area contributed by atoms with Gasteiger partial charge in [-0.25, -0.2) is 0 Å². The molecule has 104 valence electrons. The van der Waals surface area contributed by atoms with E-state index in [-0.39, 0.29) is 5.91 Å². The summed E-state index contributed by atoms with van der Waals surface area (Å²) < 4.78 is 2.78. The van der Waals surface area contributed by atoms with Crippen LogP contribution in [0.3, 0.4) is 0 Å². The van der Waals surface area contributed by atoms with Crippen molar-refractivity contribution < 1.29 is 4.79 Å². The van der Waals surface area contributed by atoms with Crippen LogP contribution < -0.4 is 9.80 Å². The molecule has 2 heterocycles. The van der Waals surface area contributed by atoms with E-state index < -0.39 is 0 Å². The Labute approximate surface area is 126 Å². The first-order valence-corrected chi connectivity index (χ1v) is 7.31. The number of hydrogen-bond acceptors (Lipinski definition) is 2. The van der Waals surface area contributed by atoms with Gasteiger partial charge in [0.1, 0.15) is 5.69 Å². The minimum atomic E-state index is 0.0405. The number of amides is 1. The third-order valence-electron chi connectivity index (χ3n) is 3.68. The third kappa shape index (κ3) is 2.12. The first-order valence-electron chi connectivity index (χ1n) is 6.52. The highest BCUT2D eigenvalue weighted by Crippen LogP contribution is 2.33. The Morgan fingerprint density at radius 2 is 1.85 bits per heavy atom. The molecule has 0 unspecified atom stereocenters. The summed E-state index contributed by atoms with van der Waals surface area (Å²) in [5.74, 6) is 0.0405. The largest absolute Gasteiger partial charge is 0.371 e. The summed E-state index contributed by atoms with van der Waals surface area (Å²) in [7, 11) is 3.94. The number of halogens is 1. The Morgan fingerprint density at radius 3 is 2.50 bits per heavy atom. The topological polar surface area (TPSA) is 28.5 Å². The second-order valence-electron chi connectivity index (χ2n) is 5.02. The molecule has 3 rings (SSSR count). The maximum atomic E-state index is 12.8. The normalized spacial score (nSPS) is 14.3. The fraction of sp³-hybridized carbons (Fsp3) is 0.267. The second kappa shape index (κ2) is 4.98. The van der Waals surface area contributed by atoms with Crippen molar-refractivity contribution in [2.45, 2.75) is 0 Å². The molecule has 0 N–H and O–H groups in total. The summed E-state index contributed by atoms with van der Waals surface area (Å²) >= 11 is 3.42. The fourth-order valence-corrected chi connectivity index (χ4v) is 3.12. The van der Waals surface area contributed by atoms with E-state index in [2.05, 4.69) is 33.9 Å². The van der Waals surface area contributed by atoms with Crippen molar-refractivity contribution >= 4 is 33.2 Å². The van der Waals surface area contributed by atoms with Gasteiger partial charge in [-0.15, -0.1) is 0 Å². The van der Waals surface area contributed by atoms with E-state index in [0.29, 0.717) is 12.2 Å². The molecule has 20 heavy (non-hydrogen) atoms. The number of fused-ring (bicyclic) bond motifs is 1. The summed E-state index contributed by atoms with van der Waals surface area (Å²) in [6, 6.07) is 9.89. The average molecular weight is 334 g/mol. The molecule has 0 saturated carbocycles. The van der Waals surface area contributed by atoms with Crippen molar-refractivity contribution in [3.8, 4) is 0 Å². The molecule has 0 spiro atoms. The number of para-hydroxylation sites is 2. The molecule has 0 aliphatic carbocycles. The van der Waals surface area contributed by atoms with Crippen LogP contribution in [0, 0.1) is 0 Å². The van der Waals surface area contributed by atoms with Gasteiger partial charge >= 0.3 is 0 Å². The van der Waals surface area contributed by atoms with Gasteiger partial charge in [0.25, 0.3) is 5.91 Å². The number of aryl methyl sites for hydroxylation is 1. The highest BCUT2D eigenvalue weighted by molar-refractivity contribution is 9.10. The van der Waals surface area contributed by atoms with Gasteiger partial charge in [0, 0.05) is 37.9 Å². The van der Waals surface area contributed by atoms with Crippen LogP contribution in [-0.4, -0.2) is 30.6 Å². The van der Waals surface area contributed by atoms with E-state index in [1.165, 1.54) is 0 Å². The highest BCUT2D eigenvalue weighted by atomic mass is 79.9. The number of likely N-dealkylation sites (N-methyl/N-ethyl adjacent to an activating group) is 1. The van der Waals surface area contributed by atoms with Gasteiger partial charge in [-0.2, -0.15) is 0 Å². The van der Waals surface area contributed by atoms with Crippen LogP contribution in [0.25, 0.3) is 0 Å². The van der Waals surface area contributed by atoms with Crippen LogP contribution in [0.1, 0.15) is 10.5 Å². The van der Waals surface area contributed by atoms with E-state index in [1.807, 2.05) is 47.0 Å². The first kappa shape index (κ1) is 13.2. The van der Waals surface area contributed by atoms with E-state index in [0.717, 1.165) is 22.4 Å². The molecular weight excluding hydrogens is 318 g/mol. The van der Waals surface area contributed by atoms with E-state index >= 15 is 0 Å². The van der Waals surface area contributed by atoms with E-state index in [9.17, 15) is 4.79 Å². The number of nitrogens with zero attached hydrogens (tertiary/aromatic N) is 3. The molecule has 1 aromatic carbocycles. The molecule has 0 saturated heterocycles. The van der Waals surface area contributed by atoms with Crippen LogP contribution in [-0.2, 0) is 7.05 Å². The zero-order valence-electron chi connectivity index (χ0n) is 11.5.